The number of hydrogen-bond acceptors (Lipinski definition) is 5. The molecule has 1 fully saturated rings. The Morgan fingerprint density at radius 3 is 2.89 bits per heavy atom. The minimum absolute atomic E-state index is 0.158. The van der Waals surface area contributed by atoms with Crippen molar-refractivity contribution < 1.29 is 4.79 Å². The lowest BCUT2D eigenvalue weighted by Gasteiger charge is -2.26. The predicted octanol–water partition coefficient (Wildman–Crippen LogP) is 0.583. The number of nitrogen functional groups attached to an aromatic ring is 1. The third-order valence-electron chi connectivity index (χ3n) is 3.32. The highest BCUT2D eigenvalue weighted by Crippen LogP contribution is 2.08. The summed E-state index contributed by atoms with van der Waals surface area (Å²) in [7, 11) is 0. The van der Waals surface area contributed by atoms with Gasteiger partial charge in [-0.15, -0.1) is 0 Å². The fraction of sp³-hybridized carbons (Fsp3) is 0.538. The monoisotopic (exact) mass is 263 g/mol. The maximum absolute atomic E-state index is 11.9. The van der Waals surface area contributed by atoms with E-state index in [4.69, 9.17) is 5.84 Å². The Bertz CT molecular complexity index is 417. The topological polar surface area (TPSA) is 83.3 Å². The fourth-order valence-electron chi connectivity index (χ4n) is 2.25. The molecule has 1 aromatic rings. The molecule has 0 aromatic carbocycles. The van der Waals surface area contributed by atoms with Gasteiger partial charge >= 0.3 is 0 Å². The molecule has 2 heterocycles. The van der Waals surface area contributed by atoms with Crippen molar-refractivity contribution in [3.05, 3.63) is 24.0 Å². The van der Waals surface area contributed by atoms with Crippen molar-refractivity contribution in [3.8, 4) is 0 Å². The van der Waals surface area contributed by atoms with Crippen molar-refractivity contribution in [2.45, 2.75) is 19.3 Å². The molecule has 2 rings (SSSR count). The van der Waals surface area contributed by atoms with Crippen LogP contribution in [0.15, 0.2) is 18.3 Å². The molecule has 1 aliphatic rings. The van der Waals surface area contributed by atoms with Crippen LogP contribution in [0, 0.1) is 0 Å². The summed E-state index contributed by atoms with van der Waals surface area (Å²) in [6.45, 7) is 3.84. The van der Waals surface area contributed by atoms with Gasteiger partial charge in [-0.05, 0) is 38.1 Å². The Balaban J connectivity index is 1.77. The zero-order valence-electron chi connectivity index (χ0n) is 11.1. The zero-order valence-corrected chi connectivity index (χ0v) is 11.1. The molecule has 0 aliphatic carbocycles. The molecule has 0 unspecified atom stereocenters. The quantitative estimate of drug-likeness (QED) is 0.535. The summed E-state index contributed by atoms with van der Waals surface area (Å²) in [5.74, 6) is 5.14. The van der Waals surface area contributed by atoms with E-state index in [-0.39, 0.29) is 5.91 Å². The van der Waals surface area contributed by atoms with Crippen molar-refractivity contribution in [2.24, 2.45) is 5.84 Å². The SMILES string of the molecule is NNc1ccnc(C(=O)NCCN2CCCCC2)c1. The normalized spacial score (nSPS) is 16.1. The van der Waals surface area contributed by atoms with E-state index in [9.17, 15) is 4.79 Å². The molecule has 1 aliphatic heterocycles. The van der Waals surface area contributed by atoms with E-state index in [2.05, 4.69) is 20.6 Å². The van der Waals surface area contributed by atoms with Gasteiger partial charge in [-0.3, -0.25) is 15.6 Å². The van der Waals surface area contributed by atoms with E-state index in [1.165, 1.54) is 19.3 Å². The molecule has 4 N–H and O–H groups in total. The molecule has 6 nitrogen and oxygen atoms in total. The first-order valence-corrected chi connectivity index (χ1v) is 6.73. The van der Waals surface area contributed by atoms with Crippen molar-refractivity contribution in [1.29, 1.82) is 0 Å². The number of likely N-dealkylation sites (tertiary alicyclic amines) is 1. The average Bonchev–Trinajstić information content (AvgIpc) is 2.48. The number of piperidine rings is 1. The summed E-state index contributed by atoms with van der Waals surface area (Å²) in [6.07, 6.45) is 5.42. The van der Waals surface area contributed by atoms with E-state index < -0.39 is 0 Å². The van der Waals surface area contributed by atoms with Gasteiger partial charge in [-0.1, -0.05) is 6.42 Å². The number of aromatic nitrogens is 1. The van der Waals surface area contributed by atoms with Crippen LogP contribution in [0.5, 0.6) is 0 Å². The van der Waals surface area contributed by atoms with Gasteiger partial charge in [0, 0.05) is 19.3 Å². The van der Waals surface area contributed by atoms with Gasteiger partial charge in [-0.25, -0.2) is 0 Å². The summed E-state index contributed by atoms with van der Waals surface area (Å²) in [4.78, 5) is 18.3. The van der Waals surface area contributed by atoms with Crippen molar-refractivity contribution in [2.75, 3.05) is 31.6 Å². The molecule has 6 heteroatoms. The molecule has 1 saturated heterocycles. The number of nitrogens with two attached hydrogens (primary N) is 1. The number of carbonyl (C=O) groups is 1. The Kier molecular flexibility index (Phi) is 5.11. The van der Waals surface area contributed by atoms with Gasteiger partial charge in [-0.2, -0.15) is 0 Å². The Morgan fingerprint density at radius 2 is 2.16 bits per heavy atom. The van der Waals surface area contributed by atoms with Gasteiger partial charge in [0.05, 0.1) is 5.69 Å². The number of hydrazine groups is 1. The maximum Gasteiger partial charge on any atom is 0.269 e. The van der Waals surface area contributed by atoms with Gasteiger partial charge in [0.2, 0.25) is 0 Å². The van der Waals surface area contributed by atoms with Crippen LogP contribution < -0.4 is 16.6 Å². The standard InChI is InChI=1S/C13H21N5O/c14-17-11-4-5-15-12(10-11)13(19)16-6-9-18-7-2-1-3-8-18/h4-5,10H,1-3,6-9,14H2,(H,15,17)(H,16,19). The number of hydrogen-bond donors (Lipinski definition) is 3. The molecule has 19 heavy (non-hydrogen) atoms. The smallest absolute Gasteiger partial charge is 0.269 e. The van der Waals surface area contributed by atoms with E-state index >= 15 is 0 Å². The third kappa shape index (κ3) is 4.18. The maximum atomic E-state index is 11.9. The van der Waals surface area contributed by atoms with Crippen LogP contribution in [0.1, 0.15) is 29.8 Å². The number of carbonyl (C=O) groups excluding carboxylic acids is 1. The summed E-state index contributed by atoms with van der Waals surface area (Å²) < 4.78 is 0. The third-order valence-corrected chi connectivity index (χ3v) is 3.32. The second kappa shape index (κ2) is 7.06. The van der Waals surface area contributed by atoms with Crippen molar-refractivity contribution in [3.63, 3.8) is 0 Å². The number of nitrogens with one attached hydrogen (secondary N) is 2. The van der Waals surface area contributed by atoms with Crippen molar-refractivity contribution >= 4 is 11.6 Å². The largest absolute Gasteiger partial charge is 0.349 e. The number of amides is 1. The summed E-state index contributed by atoms with van der Waals surface area (Å²) in [5.41, 5.74) is 3.56. The average molecular weight is 263 g/mol. The summed E-state index contributed by atoms with van der Waals surface area (Å²) in [6, 6.07) is 3.35. The summed E-state index contributed by atoms with van der Waals surface area (Å²) >= 11 is 0. The lowest BCUT2D eigenvalue weighted by molar-refractivity contribution is 0.0941. The lowest BCUT2D eigenvalue weighted by atomic mass is 10.1. The molecule has 0 bridgehead atoms. The fourth-order valence-corrected chi connectivity index (χ4v) is 2.25. The van der Waals surface area contributed by atoms with Crippen LogP contribution in [-0.4, -0.2) is 42.0 Å². The van der Waals surface area contributed by atoms with E-state index in [1.807, 2.05) is 0 Å². The van der Waals surface area contributed by atoms with Crippen molar-refractivity contribution in [1.82, 2.24) is 15.2 Å². The van der Waals surface area contributed by atoms with Crippen LogP contribution in [0.3, 0.4) is 0 Å². The van der Waals surface area contributed by atoms with Crippen LogP contribution >= 0.6 is 0 Å². The Morgan fingerprint density at radius 1 is 1.37 bits per heavy atom. The predicted molar refractivity (Wildman–Crippen MR) is 74.7 cm³/mol. The van der Waals surface area contributed by atoms with Crippen LogP contribution in [0.2, 0.25) is 0 Å². The second-order valence-corrected chi connectivity index (χ2v) is 4.73. The summed E-state index contributed by atoms with van der Waals surface area (Å²) in [5, 5.41) is 2.89. The van der Waals surface area contributed by atoms with Gasteiger partial charge in [0.25, 0.3) is 5.91 Å². The van der Waals surface area contributed by atoms with Crippen LogP contribution in [0.25, 0.3) is 0 Å². The molecular formula is C13H21N5O. The van der Waals surface area contributed by atoms with Gasteiger partial charge < -0.3 is 15.6 Å². The minimum Gasteiger partial charge on any atom is -0.349 e. The van der Waals surface area contributed by atoms with Gasteiger partial charge in [0.15, 0.2) is 0 Å². The Hall–Kier alpha value is -1.66. The highest BCUT2D eigenvalue weighted by Gasteiger charge is 2.11. The number of rotatable bonds is 5. The van der Waals surface area contributed by atoms with E-state index in [0.29, 0.717) is 17.9 Å². The molecular weight excluding hydrogens is 242 g/mol. The van der Waals surface area contributed by atoms with Gasteiger partial charge in [0.1, 0.15) is 5.69 Å². The molecule has 1 amide bonds. The first-order valence-electron chi connectivity index (χ1n) is 6.73. The zero-order chi connectivity index (χ0) is 13.5. The number of anilines is 1. The first-order chi connectivity index (χ1) is 9.29. The molecule has 0 atom stereocenters. The molecule has 104 valence electrons. The first kappa shape index (κ1) is 13.8. The molecule has 0 radical (unpaired) electrons. The minimum atomic E-state index is -0.158. The lowest BCUT2D eigenvalue weighted by Crippen LogP contribution is -2.37. The highest BCUT2D eigenvalue weighted by molar-refractivity contribution is 5.93. The Labute approximate surface area is 113 Å². The van der Waals surface area contributed by atoms with Crippen LogP contribution in [-0.2, 0) is 0 Å². The number of pyridine rings is 1. The highest BCUT2D eigenvalue weighted by atomic mass is 16.1. The van der Waals surface area contributed by atoms with E-state index in [1.54, 1.807) is 18.3 Å². The molecule has 0 saturated carbocycles. The molecule has 1 aromatic heterocycles. The number of nitrogens with zero attached hydrogens (tertiary/aromatic N) is 2. The molecule has 0 spiro atoms. The van der Waals surface area contributed by atoms with E-state index in [0.717, 1.165) is 19.6 Å². The second-order valence-electron chi connectivity index (χ2n) is 4.73. The van der Waals surface area contributed by atoms with Crippen LogP contribution in [0.4, 0.5) is 5.69 Å².